The second-order valence-electron chi connectivity index (χ2n) is 6.36. The van der Waals surface area contributed by atoms with Gasteiger partial charge in [0.1, 0.15) is 0 Å². The molecule has 0 aromatic carbocycles. The van der Waals surface area contributed by atoms with Crippen molar-refractivity contribution in [3.63, 3.8) is 0 Å². The van der Waals surface area contributed by atoms with Crippen LogP contribution >= 0.6 is 11.8 Å². The topological polar surface area (TPSA) is 0 Å². The summed E-state index contributed by atoms with van der Waals surface area (Å²) in [5.74, 6) is 3.36. The largest absolute Gasteiger partial charge is 0.158 e. The van der Waals surface area contributed by atoms with E-state index in [0.29, 0.717) is 0 Å². The van der Waals surface area contributed by atoms with Gasteiger partial charge < -0.3 is 0 Å². The molecule has 1 aliphatic heterocycles. The van der Waals surface area contributed by atoms with Gasteiger partial charge in [-0.2, -0.15) is 11.8 Å². The van der Waals surface area contributed by atoms with Crippen LogP contribution in [0.5, 0.6) is 0 Å². The average molecular weight is 266 g/mol. The average Bonchev–Trinajstić information content (AvgIpc) is 2.38. The third-order valence-corrected chi connectivity index (χ3v) is 6.42. The highest BCUT2D eigenvalue weighted by molar-refractivity contribution is 7.99. The Labute approximate surface area is 118 Å². The van der Waals surface area contributed by atoms with E-state index in [1.54, 1.807) is 5.57 Å². The molecule has 2 rings (SSSR count). The Kier molecular flexibility index (Phi) is 6.14. The molecule has 104 valence electrons. The minimum atomic E-state index is 0.961. The molecule has 1 saturated carbocycles. The Hall–Kier alpha value is 0.0900. The van der Waals surface area contributed by atoms with Gasteiger partial charge in [0.25, 0.3) is 0 Å². The van der Waals surface area contributed by atoms with Crippen molar-refractivity contribution in [2.24, 2.45) is 11.8 Å². The number of unbranched alkanes of at least 4 members (excludes halogenated alkanes) is 4. The molecule has 18 heavy (non-hydrogen) atoms. The summed E-state index contributed by atoms with van der Waals surface area (Å²) in [6.07, 6.45) is 14.2. The molecule has 2 fully saturated rings. The molecule has 0 aromatic rings. The van der Waals surface area contributed by atoms with Crippen LogP contribution in [0.4, 0.5) is 0 Å². The Bertz CT molecular complexity index is 258. The van der Waals surface area contributed by atoms with Crippen molar-refractivity contribution in [2.45, 2.75) is 76.4 Å². The molecule has 1 aliphatic carbocycles. The molecule has 3 atom stereocenters. The second kappa shape index (κ2) is 7.62. The van der Waals surface area contributed by atoms with Crippen molar-refractivity contribution >= 4 is 11.8 Å². The van der Waals surface area contributed by atoms with Crippen LogP contribution in [0.3, 0.4) is 0 Å². The van der Waals surface area contributed by atoms with Crippen molar-refractivity contribution in [3.05, 3.63) is 12.2 Å². The van der Waals surface area contributed by atoms with Crippen LogP contribution in [0.2, 0.25) is 0 Å². The molecule has 0 N–H and O–H groups in total. The zero-order valence-corrected chi connectivity index (χ0v) is 12.9. The fraction of sp³-hybridized carbons (Fsp3) is 0.882. The number of allylic oxidation sites excluding steroid dienone is 1. The third-order valence-electron chi connectivity index (χ3n) is 4.74. The van der Waals surface area contributed by atoms with Gasteiger partial charge in [0.15, 0.2) is 0 Å². The van der Waals surface area contributed by atoms with Crippen LogP contribution in [-0.2, 0) is 0 Å². The van der Waals surface area contributed by atoms with Crippen LogP contribution in [0.15, 0.2) is 12.2 Å². The molecule has 1 heteroatoms. The van der Waals surface area contributed by atoms with E-state index >= 15 is 0 Å². The van der Waals surface area contributed by atoms with Gasteiger partial charge >= 0.3 is 0 Å². The Morgan fingerprint density at radius 2 is 2.00 bits per heavy atom. The van der Waals surface area contributed by atoms with Gasteiger partial charge in [-0.25, -0.2) is 0 Å². The van der Waals surface area contributed by atoms with E-state index in [1.165, 1.54) is 70.0 Å². The molecule has 0 nitrogen and oxygen atoms in total. The second-order valence-corrected chi connectivity index (χ2v) is 7.64. The fourth-order valence-corrected chi connectivity index (χ4v) is 5.44. The minimum Gasteiger partial charge on any atom is -0.158 e. The number of rotatable bonds is 6. The third kappa shape index (κ3) is 4.05. The molecule has 2 aliphatic rings. The maximum atomic E-state index is 4.30. The smallest absolute Gasteiger partial charge is 0.0110 e. The highest BCUT2D eigenvalue weighted by Crippen LogP contribution is 2.46. The quantitative estimate of drug-likeness (QED) is 0.431. The van der Waals surface area contributed by atoms with Crippen molar-refractivity contribution < 1.29 is 0 Å². The van der Waals surface area contributed by atoms with Crippen LogP contribution in [-0.4, -0.2) is 11.0 Å². The molecule has 3 unspecified atom stereocenters. The van der Waals surface area contributed by atoms with E-state index in [1.807, 2.05) is 0 Å². The maximum absolute atomic E-state index is 4.30. The van der Waals surface area contributed by atoms with E-state index in [0.717, 1.165) is 17.1 Å². The monoisotopic (exact) mass is 266 g/mol. The first-order chi connectivity index (χ1) is 8.81. The van der Waals surface area contributed by atoms with Crippen molar-refractivity contribution in [3.8, 4) is 0 Å². The molecule has 1 heterocycles. The van der Waals surface area contributed by atoms with E-state index in [2.05, 4.69) is 25.3 Å². The molecular formula is C17H30S. The zero-order chi connectivity index (χ0) is 12.8. The summed E-state index contributed by atoms with van der Waals surface area (Å²) in [6, 6.07) is 0. The summed E-state index contributed by atoms with van der Waals surface area (Å²) < 4.78 is 0. The Morgan fingerprint density at radius 3 is 2.83 bits per heavy atom. The van der Waals surface area contributed by atoms with Crippen LogP contribution in [0, 0.1) is 11.8 Å². The maximum Gasteiger partial charge on any atom is 0.0110 e. The van der Waals surface area contributed by atoms with Gasteiger partial charge in [-0.1, -0.05) is 51.2 Å². The number of hydrogen-bond acceptors (Lipinski definition) is 1. The Morgan fingerprint density at radius 1 is 1.17 bits per heavy atom. The van der Waals surface area contributed by atoms with Gasteiger partial charge in [0.05, 0.1) is 0 Å². The van der Waals surface area contributed by atoms with Crippen LogP contribution < -0.4 is 0 Å². The van der Waals surface area contributed by atoms with Crippen LogP contribution in [0.25, 0.3) is 0 Å². The van der Waals surface area contributed by atoms with E-state index < -0.39 is 0 Å². The van der Waals surface area contributed by atoms with Crippen molar-refractivity contribution in [1.29, 1.82) is 0 Å². The lowest BCUT2D eigenvalue weighted by molar-refractivity contribution is 0.289. The van der Waals surface area contributed by atoms with Gasteiger partial charge in [0.2, 0.25) is 0 Å². The molecule has 0 radical (unpaired) electrons. The zero-order valence-electron chi connectivity index (χ0n) is 12.1. The van der Waals surface area contributed by atoms with Gasteiger partial charge in [-0.15, -0.1) is 0 Å². The summed E-state index contributed by atoms with van der Waals surface area (Å²) in [6.45, 7) is 6.60. The Balaban J connectivity index is 1.76. The lowest BCUT2D eigenvalue weighted by Gasteiger charge is -2.42. The van der Waals surface area contributed by atoms with E-state index in [9.17, 15) is 0 Å². The fourth-order valence-electron chi connectivity index (χ4n) is 3.82. The predicted molar refractivity (Wildman–Crippen MR) is 84.2 cm³/mol. The molecule has 1 saturated heterocycles. The molecule has 0 bridgehead atoms. The minimum absolute atomic E-state index is 0.961. The number of hydrogen-bond donors (Lipinski definition) is 0. The summed E-state index contributed by atoms with van der Waals surface area (Å²) >= 11 is 2.28. The molecule has 0 aromatic heterocycles. The first-order valence-corrected chi connectivity index (χ1v) is 9.14. The number of fused-ring (bicyclic) bond motifs is 1. The summed E-state index contributed by atoms with van der Waals surface area (Å²) in [4.78, 5) is 0. The standard InChI is InChI=1S/C17H30S/c1-3-4-5-6-7-9-15-12-14(2)13-16-10-8-11-18-17(15)16/h15-17H,2-13H2,1H3. The lowest BCUT2D eigenvalue weighted by Crippen LogP contribution is -2.34. The highest BCUT2D eigenvalue weighted by atomic mass is 32.2. The molecule has 0 amide bonds. The molecular weight excluding hydrogens is 236 g/mol. The first kappa shape index (κ1) is 14.5. The SMILES string of the molecule is C=C1CC(CCCCCCC)C2SCCCC2C1. The predicted octanol–water partition coefficient (Wildman–Crippen LogP) is 5.82. The summed E-state index contributed by atoms with van der Waals surface area (Å²) in [5, 5.41) is 0.982. The van der Waals surface area contributed by atoms with Gasteiger partial charge in [-0.3, -0.25) is 0 Å². The van der Waals surface area contributed by atoms with Gasteiger partial charge in [0, 0.05) is 5.25 Å². The highest BCUT2D eigenvalue weighted by Gasteiger charge is 2.36. The first-order valence-electron chi connectivity index (χ1n) is 8.09. The van der Waals surface area contributed by atoms with E-state index in [-0.39, 0.29) is 0 Å². The number of thioether (sulfide) groups is 1. The van der Waals surface area contributed by atoms with Crippen molar-refractivity contribution in [1.82, 2.24) is 0 Å². The van der Waals surface area contributed by atoms with Gasteiger partial charge in [-0.05, 0) is 49.7 Å². The lowest BCUT2D eigenvalue weighted by atomic mass is 9.74. The summed E-state index contributed by atoms with van der Waals surface area (Å²) in [5.41, 5.74) is 1.55. The summed E-state index contributed by atoms with van der Waals surface area (Å²) in [7, 11) is 0. The molecule has 0 spiro atoms. The normalized spacial score (nSPS) is 32.3. The van der Waals surface area contributed by atoms with Crippen molar-refractivity contribution in [2.75, 3.05) is 5.75 Å². The van der Waals surface area contributed by atoms with E-state index in [4.69, 9.17) is 0 Å². The van der Waals surface area contributed by atoms with Crippen LogP contribution in [0.1, 0.15) is 71.1 Å².